The average molecular weight is 299 g/mol. The van der Waals surface area contributed by atoms with Gasteiger partial charge in [-0.05, 0) is 37.5 Å². The number of alkyl halides is 2. The number of carboxylic acids is 1. The number of halogens is 2. The van der Waals surface area contributed by atoms with Crippen LogP contribution in [0.5, 0.6) is 0 Å². The normalized spacial score (nSPS) is 27.4. The molecule has 3 rings (SSSR count). The highest BCUT2D eigenvalue weighted by molar-refractivity contribution is 5.89. The van der Waals surface area contributed by atoms with Gasteiger partial charge in [-0.1, -0.05) is 11.6 Å². The molecule has 0 heterocycles. The molecule has 3 aliphatic rings. The van der Waals surface area contributed by atoms with Crippen LogP contribution >= 0.6 is 0 Å². The summed E-state index contributed by atoms with van der Waals surface area (Å²) in [5.74, 6) is -4.09. The Bertz CT molecular complexity index is 511. The van der Waals surface area contributed by atoms with Crippen LogP contribution in [0.25, 0.3) is 0 Å². The molecule has 6 heteroatoms. The summed E-state index contributed by atoms with van der Waals surface area (Å²) in [4.78, 5) is 23.4. The molecule has 4 nitrogen and oxygen atoms in total. The van der Waals surface area contributed by atoms with Crippen LogP contribution in [0, 0.1) is 5.41 Å². The molecule has 1 amide bonds. The number of amides is 1. The summed E-state index contributed by atoms with van der Waals surface area (Å²) in [6, 6.07) is 0. The van der Waals surface area contributed by atoms with Crippen molar-refractivity contribution in [2.75, 3.05) is 0 Å². The van der Waals surface area contributed by atoms with Gasteiger partial charge in [0.1, 0.15) is 5.54 Å². The molecule has 0 bridgehead atoms. The van der Waals surface area contributed by atoms with Gasteiger partial charge >= 0.3 is 5.97 Å². The van der Waals surface area contributed by atoms with Crippen molar-refractivity contribution in [2.45, 2.75) is 62.8 Å². The number of hydrogen-bond donors (Lipinski definition) is 2. The van der Waals surface area contributed by atoms with Gasteiger partial charge in [0.05, 0.1) is 0 Å². The van der Waals surface area contributed by atoms with Crippen LogP contribution in [0.1, 0.15) is 51.4 Å². The van der Waals surface area contributed by atoms with Crippen molar-refractivity contribution in [3.63, 3.8) is 0 Å². The van der Waals surface area contributed by atoms with Crippen LogP contribution in [0.15, 0.2) is 11.6 Å². The highest BCUT2D eigenvalue weighted by atomic mass is 19.3. The maximum atomic E-state index is 13.0. The molecular formula is C15H19F2NO3. The van der Waals surface area contributed by atoms with Crippen LogP contribution < -0.4 is 5.32 Å². The molecule has 21 heavy (non-hydrogen) atoms. The van der Waals surface area contributed by atoms with Crippen LogP contribution in [0.2, 0.25) is 0 Å². The van der Waals surface area contributed by atoms with E-state index >= 15 is 0 Å². The molecule has 0 atom stereocenters. The van der Waals surface area contributed by atoms with Gasteiger partial charge < -0.3 is 10.4 Å². The summed E-state index contributed by atoms with van der Waals surface area (Å²) in [5, 5.41) is 11.9. The third-order valence-corrected chi connectivity index (χ3v) is 4.93. The van der Waals surface area contributed by atoms with Crippen molar-refractivity contribution < 1.29 is 23.5 Å². The number of allylic oxidation sites excluding steroid dienone is 1. The van der Waals surface area contributed by atoms with Gasteiger partial charge in [-0.3, -0.25) is 4.79 Å². The quantitative estimate of drug-likeness (QED) is 0.784. The SMILES string of the molecule is O=C(CC1=CCCC1)NC1(C(=O)O)CC2(CC(F)(F)C2)C1. The number of carbonyl (C=O) groups is 2. The first-order valence-corrected chi connectivity index (χ1v) is 7.35. The Labute approximate surface area is 121 Å². The zero-order valence-electron chi connectivity index (χ0n) is 11.8. The Kier molecular flexibility index (Phi) is 3.11. The molecule has 1 spiro atoms. The van der Waals surface area contributed by atoms with E-state index in [0.717, 1.165) is 24.8 Å². The second-order valence-electron chi connectivity index (χ2n) is 6.93. The van der Waals surface area contributed by atoms with Gasteiger partial charge in [0.15, 0.2) is 0 Å². The minimum absolute atomic E-state index is 0.121. The minimum Gasteiger partial charge on any atom is -0.480 e. The number of nitrogens with one attached hydrogen (secondary N) is 1. The summed E-state index contributed by atoms with van der Waals surface area (Å²) in [7, 11) is 0. The van der Waals surface area contributed by atoms with E-state index in [1.54, 1.807) is 0 Å². The van der Waals surface area contributed by atoms with Crippen molar-refractivity contribution >= 4 is 11.9 Å². The monoisotopic (exact) mass is 299 g/mol. The number of aliphatic carboxylic acids is 1. The van der Waals surface area contributed by atoms with Gasteiger partial charge in [0.2, 0.25) is 11.8 Å². The third-order valence-electron chi connectivity index (χ3n) is 4.93. The molecule has 0 aliphatic heterocycles. The molecule has 0 aromatic rings. The van der Waals surface area contributed by atoms with Gasteiger partial charge in [-0.2, -0.15) is 0 Å². The van der Waals surface area contributed by atoms with Crippen molar-refractivity contribution in [1.82, 2.24) is 5.32 Å². The minimum atomic E-state index is -2.66. The Hall–Kier alpha value is -1.46. The van der Waals surface area contributed by atoms with Gasteiger partial charge in [0.25, 0.3) is 0 Å². The van der Waals surface area contributed by atoms with E-state index < -0.39 is 22.8 Å². The summed E-state index contributed by atoms with van der Waals surface area (Å²) < 4.78 is 26.0. The van der Waals surface area contributed by atoms with Gasteiger partial charge in [-0.15, -0.1) is 0 Å². The van der Waals surface area contributed by atoms with Crippen molar-refractivity contribution in [2.24, 2.45) is 5.41 Å². The predicted molar refractivity (Wildman–Crippen MR) is 70.9 cm³/mol. The topological polar surface area (TPSA) is 66.4 Å². The van der Waals surface area contributed by atoms with Crippen LogP contribution in [-0.4, -0.2) is 28.4 Å². The fourth-order valence-corrected chi connectivity index (χ4v) is 4.23. The van der Waals surface area contributed by atoms with Crippen LogP contribution in [0.4, 0.5) is 8.78 Å². The second-order valence-corrected chi connectivity index (χ2v) is 6.93. The van der Waals surface area contributed by atoms with Crippen molar-refractivity contribution in [3.8, 4) is 0 Å². The van der Waals surface area contributed by atoms with E-state index in [-0.39, 0.29) is 38.0 Å². The van der Waals surface area contributed by atoms with E-state index in [4.69, 9.17) is 0 Å². The number of hydrogen-bond acceptors (Lipinski definition) is 2. The maximum Gasteiger partial charge on any atom is 0.329 e. The molecule has 2 N–H and O–H groups in total. The molecule has 2 saturated carbocycles. The zero-order valence-corrected chi connectivity index (χ0v) is 11.8. The lowest BCUT2D eigenvalue weighted by Gasteiger charge is -2.61. The maximum absolute atomic E-state index is 13.0. The fraction of sp³-hybridized carbons (Fsp3) is 0.733. The highest BCUT2D eigenvalue weighted by Crippen LogP contribution is 2.65. The molecule has 0 aromatic carbocycles. The Morgan fingerprint density at radius 1 is 1.24 bits per heavy atom. The average Bonchev–Trinajstić information content (AvgIpc) is 2.75. The lowest BCUT2D eigenvalue weighted by atomic mass is 9.47. The number of carbonyl (C=O) groups excluding carboxylic acids is 1. The van der Waals surface area contributed by atoms with Crippen LogP contribution in [0.3, 0.4) is 0 Å². The molecule has 0 unspecified atom stereocenters. The van der Waals surface area contributed by atoms with Crippen LogP contribution in [-0.2, 0) is 9.59 Å². The number of rotatable bonds is 4. The molecule has 116 valence electrons. The summed E-state index contributed by atoms with van der Waals surface area (Å²) in [6.45, 7) is 0. The molecule has 0 saturated heterocycles. The zero-order chi connectivity index (χ0) is 15.3. The highest BCUT2D eigenvalue weighted by Gasteiger charge is 2.69. The standard InChI is InChI=1S/C15H19F2NO3/c16-15(17)8-13(9-15)6-14(7-13,12(20)21)18-11(19)5-10-3-1-2-4-10/h3H,1-2,4-9H2,(H,18,19)(H,20,21). The Balaban J connectivity index is 1.59. The molecule has 2 fully saturated rings. The molecule has 3 aliphatic carbocycles. The van der Waals surface area contributed by atoms with Crippen molar-refractivity contribution in [3.05, 3.63) is 11.6 Å². The Morgan fingerprint density at radius 2 is 1.90 bits per heavy atom. The van der Waals surface area contributed by atoms with E-state index in [1.807, 2.05) is 6.08 Å². The lowest BCUT2D eigenvalue weighted by molar-refractivity contribution is -0.221. The molecule has 0 radical (unpaired) electrons. The summed E-state index contributed by atoms with van der Waals surface area (Å²) in [6.07, 6.45) is 4.84. The largest absolute Gasteiger partial charge is 0.480 e. The summed E-state index contributed by atoms with van der Waals surface area (Å²) >= 11 is 0. The predicted octanol–water partition coefficient (Wildman–Crippen LogP) is 2.64. The lowest BCUT2D eigenvalue weighted by Crippen LogP contribution is -2.71. The van der Waals surface area contributed by atoms with E-state index in [9.17, 15) is 23.5 Å². The number of carboxylic acid groups (broad SMARTS) is 1. The first kappa shape index (κ1) is 14.5. The summed E-state index contributed by atoms with van der Waals surface area (Å²) in [5.41, 5.74) is -0.883. The van der Waals surface area contributed by atoms with E-state index in [1.165, 1.54) is 0 Å². The fourth-order valence-electron chi connectivity index (χ4n) is 4.23. The second kappa shape index (κ2) is 4.52. The molecule has 0 aromatic heterocycles. The smallest absolute Gasteiger partial charge is 0.329 e. The Morgan fingerprint density at radius 3 is 2.38 bits per heavy atom. The van der Waals surface area contributed by atoms with E-state index in [2.05, 4.69) is 5.32 Å². The van der Waals surface area contributed by atoms with Crippen molar-refractivity contribution in [1.29, 1.82) is 0 Å². The first-order valence-electron chi connectivity index (χ1n) is 7.35. The third kappa shape index (κ3) is 2.56. The van der Waals surface area contributed by atoms with Gasteiger partial charge in [-0.25, -0.2) is 13.6 Å². The van der Waals surface area contributed by atoms with Gasteiger partial charge in [0, 0.05) is 19.3 Å². The van der Waals surface area contributed by atoms with E-state index in [0.29, 0.717) is 0 Å². The molecular weight excluding hydrogens is 280 g/mol. The first-order chi connectivity index (χ1) is 9.74.